The summed E-state index contributed by atoms with van der Waals surface area (Å²) >= 11 is 0. The Labute approximate surface area is 126 Å². The molecule has 0 heterocycles. The van der Waals surface area contributed by atoms with Gasteiger partial charge in [-0.25, -0.2) is 0 Å². The lowest BCUT2D eigenvalue weighted by Gasteiger charge is -2.10. The molecular formula is C17H24O4. The van der Waals surface area contributed by atoms with Crippen LogP contribution in [-0.2, 0) is 9.53 Å². The summed E-state index contributed by atoms with van der Waals surface area (Å²) < 4.78 is 10.5. The lowest BCUT2D eigenvalue weighted by atomic mass is 10.1. The molecule has 0 aliphatic rings. The molecule has 1 aromatic rings. The number of carbonyl (C=O) groups is 2. The van der Waals surface area contributed by atoms with Gasteiger partial charge in [-0.2, -0.15) is 0 Å². The fraction of sp³-hybridized carbons (Fsp3) is 0.529. The molecule has 1 rings (SSSR count). The highest BCUT2D eigenvalue weighted by Crippen LogP contribution is 2.20. The first-order valence-electron chi connectivity index (χ1n) is 7.59. The van der Waals surface area contributed by atoms with E-state index < -0.39 is 0 Å². The molecule has 1 aromatic carbocycles. The lowest BCUT2D eigenvalue weighted by Crippen LogP contribution is -2.05. The van der Waals surface area contributed by atoms with Crippen LogP contribution in [0, 0.1) is 0 Å². The van der Waals surface area contributed by atoms with Gasteiger partial charge in [0.15, 0.2) is 5.78 Å². The molecule has 0 aromatic heterocycles. The first kappa shape index (κ1) is 17.2. The van der Waals surface area contributed by atoms with Crippen LogP contribution in [0.5, 0.6) is 5.75 Å². The Balaban J connectivity index is 2.27. The van der Waals surface area contributed by atoms with Gasteiger partial charge in [-0.1, -0.05) is 19.1 Å². The van der Waals surface area contributed by atoms with E-state index in [4.69, 9.17) is 9.47 Å². The summed E-state index contributed by atoms with van der Waals surface area (Å²) in [5.74, 6) is 0.597. The smallest absolute Gasteiger partial charge is 0.305 e. The van der Waals surface area contributed by atoms with E-state index in [1.807, 2.05) is 25.1 Å². The van der Waals surface area contributed by atoms with Gasteiger partial charge in [0.05, 0.1) is 18.8 Å². The van der Waals surface area contributed by atoms with Crippen molar-refractivity contribution in [1.29, 1.82) is 0 Å². The first-order valence-corrected chi connectivity index (χ1v) is 7.59. The Kier molecular flexibility index (Phi) is 8.17. The second-order valence-corrected chi connectivity index (χ2v) is 4.74. The molecule has 0 aliphatic carbocycles. The van der Waals surface area contributed by atoms with E-state index in [0.717, 1.165) is 19.3 Å². The van der Waals surface area contributed by atoms with Gasteiger partial charge in [0.25, 0.3) is 0 Å². The van der Waals surface area contributed by atoms with E-state index in [1.165, 1.54) is 0 Å². The van der Waals surface area contributed by atoms with Crippen molar-refractivity contribution in [3.63, 3.8) is 0 Å². The molecule has 0 unspecified atom stereocenters. The van der Waals surface area contributed by atoms with Crippen LogP contribution in [-0.4, -0.2) is 25.0 Å². The zero-order chi connectivity index (χ0) is 15.5. The Morgan fingerprint density at radius 2 is 1.81 bits per heavy atom. The fourth-order valence-corrected chi connectivity index (χ4v) is 1.98. The fourth-order valence-electron chi connectivity index (χ4n) is 1.98. The molecule has 4 nitrogen and oxygen atoms in total. The molecule has 116 valence electrons. The SMILES string of the molecule is CCOC(=O)CCCCCOc1ccccc1C(=O)CC. The quantitative estimate of drug-likeness (QED) is 0.374. The van der Waals surface area contributed by atoms with E-state index in [-0.39, 0.29) is 11.8 Å². The summed E-state index contributed by atoms with van der Waals surface area (Å²) in [6, 6.07) is 7.32. The Morgan fingerprint density at radius 1 is 1.05 bits per heavy atom. The number of para-hydroxylation sites is 1. The molecule has 0 N–H and O–H groups in total. The number of ether oxygens (including phenoxy) is 2. The monoisotopic (exact) mass is 292 g/mol. The maximum Gasteiger partial charge on any atom is 0.305 e. The average molecular weight is 292 g/mol. The van der Waals surface area contributed by atoms with Crippen molar-refractivity contribution in [1.82, 2.24) is 0 Å². The molecule has 0 radical (unpaired) electrons. The molecule has 0 aliphatic heterocycles. The van der Waals surface area contributed by atoms with Crippen LogP contribution in [0.2, 0.25) is 0 Å². The highest BCUT2D eigenvalue weighted by molar-refractivity contribution is 5.98. The minimum absolute atomic E-state index is 0.0907. The van der Waals surface area contributed by atoms with Crippen molar-refractivity contribution in [3.05, 3.63) is 29.8 Å². The predicted octanol–water partition coefficient (Wildman–Crippen LogP) is 3.78. The molecule has 0 atom stereocenters. The predicted molar refractivity (Wildman–Crippen MR) is 81.7 cm³/mol. The van der Waals surface area contributed by atoms with Crippen molar-refractivity contribution in [2.24, 2.45) is 0 Å². The van der Waals surface area contributed by atoms with Gasteiger partial charge >= 0.3 is 5.97 Å². The summed E-state index contributed by atoms with van der Waals surface area (Å²) in [6.07, 6.45) is 3.49. The number of Topliss-reactive ketones (excluding diaryl/α,β-unsaturated/α-hetero) is 1. The first-order chi connectivity index (χ1) is 10.2. The Morgan fingerprint density at radius 3 is 2.52 bits per heavy atom. The van der Waals surface area contributed by atoms with Crippen LogP contribution >= 0.6 is 0 Å². The summed E-state index contributed by atoms with van der Waals surface area (Å²) in [7, 11) is 0. The van der Waals surface area contributed by atoms with Crippen LogP contribution in [0.4, 0.5) is 0 Å². The Hall–Kier alpha value is -1.84. The van der Waals surface area contributed by atoms with Crippen molar-refractivity contribution >= 4 is 11.8 Å². The molecule has 0 bridgehead atoms. The number of benzene rings is 1. The van der Waals surface area contributed by atoms with Crippen LogP contribution in [0.15, 0.2) is 24.3 Å². The van der Waals surface area contributed by atoms with E-state index in [9.17, 15) is 9.59 Å². The number of ketones is 1. The van der Waals surface area contributed by atoms with Crippen molar-refractivity contribution < 1.29 is 19.1 Å². The van der Waals surface area contributed by atoms with Gasteiger partial charge in [-0.05, 0) is 38.3 Å². The van der Waals surface area contributed by atoms with Gasteiger partial charge in [0.2, 0.25) is 0 Å². The van der Waals surface area contributed by atoms with Crippen molar-refractivity contribution in [2.75, 3.05) is 13.2 Å². The van der Waals surface area contributed by atoms with Crippen molar-refractivity contribution in [3.8, 4) is 5.75 Å². The van der Waals surface area contributed by atoms with Crippen LogP contribution in [0.1, 0.15) is 56.3 Å². The van der Waals surface area contributed by atoms with Gasteiger partial charge in [0, 0.05) is 12.8 Å². The maximum atomic E-state index is 11.8. The lowest BCUT2D eigenvalue weighted by molar-refractivity contribution is -0.143. The van der Waals surface area contributed by atoms with Crippen LogP contribution < -0.4 is 4.74 Å². The molecule has 0 fully saturated rings. The zero-order valence-electron chi connectivity index (χ0n) is 12.9. The maximum absolute atomic E-state index is 11.8. The third kappa shape index (κ3) is 6.43. The third-order valence-electron chi connectivity index (χ3n) is 3.10. The molecule has 4 heteroatoms. The van der Waals surface area contributed by atoms with Crippen molar-refractivity contribution in [2.45, 2.75) is 46.0 Å². The number of hydrogen-bond donors (Lipinski definition) is 0. The van der Waals surface area contributed by atoms with Gasteiger partial charge in [-0.15, -0.1) is 0 Å². The Bertz CT molecular complexity index is 454. The highest BCUT2D eigenvalue weighted by atomic mass is 16.5. The number of unbranched alkanes of at least 4 members (excludes halogenated alkanes) is 2. The van der Waals surface area contributed by atoms with E-state index in [2.05, 4.69) is 0 Å². The molecule has 0 amide bonds. The van der Waals surface area contributed by atoms with Crippen LogP contribution in [0.25, 0.3) is 0 Å². The van der Waals surface area contributed by atoms with E-state index in [1.54, 1.807) is 13.0 Å². The third-order valence-corrected chi connectivity index (χ3v) is 3.10. The van der Waals surface area contributed by atoms with E-state index in [0.29, 0.717) is 37.4 Å². The average Bonchev–Trinajstić information content (AvgIpc) is 2.50. The van der Waals surface area contributed by atoms with Gasteiger partial charge in [0.1, 0.15) is 5.75 Å². The molecule has 0 saturated carbocycles. The summed E-state index contributed by atoms with van der Waals surface area (Å²) in [5, 5.41) is 0. The second-order valence-electron chi connectivity index (χ2n) is 4.74. The summed E-state index contributed by atoms with van der Waals surface area (Å²) in [5.41, 5.74) is 0.645. The van der Waals surface area contributed by atoms with Gasteiger partial charge < -0.3 is 9.47 Å². The standard InChI is InChI=1S/C17H24O4/c1-3-15(18)14-10-7-8-11-16(14)21-13-9-5-6-12-17(19)20-4-2/h7-8,10-11H,3-6,9,12-13H2,1-2H3. The van der Waals surface area contributed by atoms with E-state index >= 15 is 0 Å². The largest absolute Gasteiger partial charge is 0.493 e. The number of carbonyl (C=O) groups excluding carboxylic acids is 2. The number of rotatable bonds is 10. The normalized spacial score (nSPS) is 10.2. The topological polar surface area (TPSA) is 52.6 Å². The summed E-state index contributed by atoms with van der Waals surface area (Å²) in [6.45, 7) is 4.64. The number of hydrogen-bond acceptors (Lipinski definition) is 4. The molecular weight excluding hydrogens is 268 g/mol. The zero-order valence-corrected chi connectivity index (χ0v) is 12.9. The molecule has 21 heavy (non-hydrogen) atoms. The minimum atomic E-state index is -0.141. The molecule has 0 saturated heterocycles. The van der Waals surface area contributed by atoms with Crippen LogP contribution in [0.3, 0.4) is 0 Å². The van der Waals surface area contributed by atoms with Gasteiger partial charge in [-0.3, -0.25) is 9.59 Å². The number of esters is 1. The minimum Gasteiger partial charge on any atom is -0.493 e. The molecule has 0 spiro atoms. The highest BCUT2D eigenvalue weighted by Gasteiger charge is 2.09. The second kappa shape index (κ2) is 9.97. The summed E-state index contributed by atoms with van der Waals surface area (Å²) in [4.78, 5) is 22.9.